The number of aromatic carboxylic acids is 1. The van der Waals surface area contributed by atoms with Crippen LogP contribution in [0, 0.1) is 3.70 Å². The summed E-state index contributed by atoms with van der Waals surface area (Å²) in [5, 5.41) is 8.53. The second-order valence-electron chi connectivity index (χ2n) is 2.38. The van der Waals surface area contributed by atoms with Crippen molar-refractivity contribution in [3.63, 3.8) is 0 Å². The molecule has 0 unspecified atom stereocenters. The number of aromatic nitrogens is 1. The Hall–Kier alpha value is -0.990. The molecule has 76 valence electrons. The second-order valence-corrected chi connectivity index (χ2v) is 3.54. The first-order valence-electron chi connectivity index (χ1n) is 3.37. The minimum absolute atomic E-state index is 0.174. The van der Waals surface area contributed by atoms with Crippen LogP contribution in [-0.4, -0.2) is 16.1 Å². The highest BCUT2D eigenvalue weighted by Crippen LogP contribution is 2.21. The maximum Gasteiger partial charge on any atom is 0.341 e. The number of aromatic amines is 1. The Morgan fingerprint density at radius 3 is 2.57 bits per heavy atom. The summed E-state index contributed by atoms with van der Waals surface area (Å²) in [5.74, 6) is -1.65. The molecular formula is C7H4F2INO3. The molecule has 1 heterocycles. The summed E-state index contributed by atoms with van der Waals surface area (Å²) in [7, 11) is 0. The lowest BCUT2D eigenvalue weighted by Crippen LogP contribution is -2.21. The highest BCUT2D eigenvalue weighted by Gasteiger charge is 2.22. The van der Waals surface area contributed by atoms with Gasteiger partial charge in [0, 0.05) is 5.56 Å². The number of hydrogen-bond acceptors (Lipinski definition) is 2. The third-order valence-electron chi connectivity index (χ3n) is 1.48. The van der Waals surface area contributed by atoms with Gasteiger partial charge in [0.2, 0.25) is 0 Å². The van der Waals surface area contributed by atoms with Gasteiger partial charge in [-0.25, -0.2) is 13.6 Å². The number of hydrogen-bond donors (Lipinski definition) is 2. The molecule has 0 aliphatic rings. The lowest BCUT2D eigenvalue weighted by Gasteiger charge is -2.03. The third-order valence-corrected chi connectivity index (χ3v) is 2.06. The van der Waals surface area contributed by atoms with Crippen LogP contribution >= 0.6 is 22.6 Å². The fourth-order valence-corrected chi connectivity index (χ4v) is 1.52. The summed E-state index contributed by atoms with van der Waals surface area (Å²) in [6.07, 6.45) is -2.98. The number of nitrogens with one attached hydrogen (secondary N) is 1. The summed E-state index contributed by atoms with van der Waals surface area (Å²) >= 11 is 1.62. The van der Waals surface area contributed by atoms with Crippen LogP contribution in [0.3, 0.4) is 0 Å². The predicted molar refractivity (Wildman–Crippen MR) is 51.7 cm³/mol. The first-order valence-corrected chi connectivity index (χ1v) is 4.45. The Kier molecular flexibility index (Phi) is 3.19. The van der Waals surface area contributed by atoms with E-state index in [9.17, 15) is 18.4 Å². The first kappa shape index (κ1) is 11.1. The van der Waals surface area contributed by atoms with Crippen molar-refractivity contribution in [2.75, 3.05) is 0 Å². The Bertz CT molecular complexity index is 429. The molecule has 0 spiro atoms. The Balaban J connectivity index is 3.53. The summed E-state index contributed by atoms with van der Waals surface area (Å²) in [5.41, 5.74) is -2.68. The van der Waals surface area contributed by atoms with Gasteiger partial charge in [0.1, 0.15) is 5.56 Å². The number of pyridine rings is 1. The van der Waals surface area contributed by atoms with Gasteiger partial charge >= 0.3 is 5.97 Å². The van der Waals surface area contributed by atoms with Crippen molar-refractivity contribution in [1.82, 2.24) is 4.98 Å². The van der Waals surface area contributed by atoms with E-state index >= 15 is 0 Å². The number of carboxylic acid groups (broad SMARTS) is 1. The SMILES string of the molecule is O=C(O)c1c(C(F)F)cc(I)[nH]c1=O. The number of carbonyl (C=O) groups is 1. The van der Waals surface area contributed by atoms with E-state index in [1.807, 2.05) is 0 Å². The van der Waals surface area contributed by atoms with Crippen LogP contribution in [0.5, 0.6) is 0 Å². The maximum atomic E-state index is 12.3. The van der Waals surface area contributed by atoms with Gasteiger partial charge in [-0.15, -0.1) is 0 Å². The minimum atomic E-state index is -2.98. The molecule has 0 bridgehead atoms. The van der Waals surface area contributed by atoms with Crippen molar-refractivity contribution in [3.8, 4) is 0 Å². The fraction of sp³-hybridized carbons (Fsp3) is 0.143. The van der Waals surface area contributed by atoms with Crippen LogP contribution in [-0.2, 0) is 0 Å². The molecule has 7 heteroatoms. The van der Waals surface area contributed by atoms with Gasteiger partial charge in [-0.2, -0.15) is 0 Å². The quantitative estimate of drug-likeness (QED) is 0.643. The average Bonchev–Trinajstić information content (AvgIpc) is 2.01. The van der Waals surface area contributed by atoms with Gasteiger partial charge in [0.15, 0.2) is 0 Å². The van der Waals surface area contributed by atoms with E-state index in [-0.39, 0.29) is 3.70 Å². The van der Waals surface area contributed by atoms with Crippen LogP contribution in [0.2, 0.25) is 0 Å². The number of halogens is 3. The molecular weight excluding hydrogens is 311 g/mol. The number of rotatable bonds is 2. The van der Waals surface area contributed by atoms with Crippen molar-refractivity contribution in [2.45, 2.75) is 6.43 Å². The molecule has 0 amide bonds. The van der Waals surface area contributed by atoms with Crippen molar-refractivity contribution in [3.05, 3.63) is 31.2 Å². The smallest absolute Gasteiger partial charge is 0.341 e. The zero-order chi connectivity index (χ0) is 10.9. The number of carboxylic acids is 1. The van der Waals surface area contributed by atoms with E-state index in [1.54, 1.807) is 22.6 Å². The van der Waals surface area contributed by atoms with E-state index in [0.717, 1.165) is 6.07 Å². The minimum Gasteiger partial charge on any atom is -0.477 e. The van der Waals surface area contributed by atoms with Crippen LogP contribution in [0.4, 0.5) is 8.78 Å². The van der Waals surface area contributed by atoms with Gasteiger partial charge in [0.25, 0.3) is 12.0 Å². The first-order chi connectivity index (χ1) is 6.43. The Morgan fingerprint density at radius 2 is 2.14 bits per heavy atom. The maximum absolute atomic E-state index is 12.3. The van der Waals surface area contributed by atoms with Gasteiger partial charge in [-0.3, -0.25) is 4.79 Å². The molecule has 4 nitrogen and oxygen atoms in total. The molecule has 1 rings (SSSR count). The van der Waals surface area contributed by atoms with E-state index in [1.165, 1.54) is 0 Å². The lowest BCUT2D eigenvalue weighted by molar-refractivity contribution is 0.0682. The zero-order valence-electron chi connectivity index (χ0n) is 6.55. The molecule has 0 radical (unpaired) electrons. The number of alkyl halides is 2. The zero-order valence-corrected chi connectivity index (χ0v) is 8.71. The highest BCUT2D eigenvalue weighted by molar-refractivity contribution is 14.1. The van der Waals surface area contributed by atoms with E-state index < -0.39 is 29.1 Å². The van der Waals surface area contributed by atoms with Crippen molar-refractivity contribution in [1.29, 1.82) is 0 Å². The van der Waals surface area contributed by atoms with Crippen molar-refractivity contribution in [2.24, 2.45) is 0 Å². The molecule has 0 aliphatic heterocycles. The normalized spacial score (nSPS) is 10.6. The summed E-state index contributed by atoms with van der Waals surface area (Å²) in [6.45, 7) is 0. The highest BCUT2D eigenvalue weighted by atomic mass is 127. The molecule has 0 saturated carbocycles. The van der Waals surface area contributed by atoms with Crippen molar-refractivity contribution >= 4 is 28.6 Å². The molecule has 0 aromatic carbocycles. The fourth-order valence-electron chi connectivity index (χ4n) is 0.940. The summed E-state index contributed by atoms with van der Waals surface area (Å²) in [4.78, 5) is 23.7. The molecule has 0 fully saturated rings. The number of H-pyrrole nitrogens is 1. The van der Waals surface area contributed by atoms with Crippen LogP contribution in [0.1, 0.15) is 22.3 Å². The van der Waals surface area contributed by atoms with Crippen LogP contribution in [0.25, 0.3) is 0 Å². The van der Waals surface area contributed by atoms with Crippen LogP contribution in [0.15, 0.2) is 10.9 Å². The molecule has 0 saturated heterocycles. The largest absolute Gasteiger partial charge is 0.477 e. The summed E-state index contributed by atoms with van der Waals surface area (Å²) < 4.78 is 24.8. The van der Waals surface area contributed by atoms with E-state index in [4.69, 9.17) is 5.11 Å². The van der Waals surface area contributed by atoms with E-state index in [0.29, 0.717) is 0 Å². The molecule has 1 aromatic rings. The van der Waals surface area contributed by atoms with Crippen molar-refractivity contribution < 1.29 is 18.7 Å². The van der Waals surface area contributed by atoms with Gasteiger partial charge in [-0.05, 0) is 28.7 Å². The Morgan fingerprint density at radius 1 is 1.57 bits per heavy atom. The van der Waals surface area contributed by atoms with Gasteiger partial charge in [0.05, 0.1) is 3.70 Å². The predicted octanol–water partition coefficient (Wildman–Crippen LogP) is 1.62. The monoisotopic (exact) mass is 315 g/mol. The van der Waals surface area contributed by atoms with Gasteiger partial charge < -0.3 is 10.1 Å². The van der Waals surface area contributed by atoms with E-state index in [2.05, 4.69) is 4.98 Å². The van der Waals surface area contributed by atoms with Crippen LogP contribution < -0.4 is 5.56 Å². The molecule has 2 N–H and O–H groups in total. The standard InChI is InChI=1S/C7H4F2INO3/c8-5(9)2-1-3(10)11-6(12)4(2)7(13)14/h1,5H,(H,11,12)(H,13,14). The second kappa shape index (κ2) is 4.03. The third kappa shape index (κ3) is 2.08. The molecule has 14 heavy (non-hydrogen) atoms. The molecule has 1 aromatic heterocycles. The topological polar surface area (TPSA) is 70.2 Å². The lowest BCUT2D eigenvalue weighted by atomic mass is 10.1. The van der Waals surface area contributed by atoms with Gasteiger partial charge in [-0.1, -0.05) is 0 Å². The average molecular weight is 315 g/mol. The molecule has 0 atom stereocenters. The molecule has 0 aliphatic carbocycles. The Labute approximate surface area is 90.1 Å². The summed E-state index contributed by atoms with van der Waals surface area (Å²) in [6, 6.07) is 0.941.